The van der Waals surface area contributed by atoms with Crippen molar-refractivity contribution in [1.82, 2.24) is 4.90 Å². The van der Waals surface area contributed by atoms with E-state index in [1.807, 2.05) is 30.3 Å². The highest BCUT2D eigenvalue weighted by Crippen LogP contribution is 2.18. The van der Waals surface area contributed by atoms with E-state index >= 15 is 0 Å². The Morgan fingerprint density at radius 3 is 2.43 bits per heavy atom. The highest BCUT2D eigenvalue weighted by atomic mass is 35.5. The van der Waals surface area contributed by atoms with Crippen molar-refractivity contribution >= 4 is 17.5 Å². The Labute approximate surface area is 128 Å². The second-order valence-corrected chi connectivity index (χ2v) is 5.94. The molecule has 2 aromatic rings. The quantitative estimate of drug-likeness (QED) is 0.921. The molecule has 0 radical (unpaired) electrons. The summed E-state index contributed by atoms with van der Waals surface area (Å²) in [5.74, 6) is -0.131. The Kier molecular flexibility index (Phi) is 4.70. The second-order valence-electron chi connectivity index (χ2n) is 5.56. The molecule has 1 amide bonds. The Morgan fingerprint density at radius 1 is 1.24 bits per heavy atom. The van der Waals surface area contributed by atoms with Gasteiger partial charge in [0.25, 0.3) is 5.91 Å². The van der Waals surface area contributed by atoms with Crippen LogP contribution in [-0.4, -0.2) is 28.1 Å². The van der Waals surface area contributed by atoms with Crippen LogP contribution in [0.3, 0.4) is 0 Å². The Hall–Kier alpha value is -1.78. The van der Waals surface area contributed by atoms with Gasteiger partial charge in [0, 0.05) is 13.1 Å². The lowest BCUT2D eigenvalue weighted by molar-refractivity contribution is 0.0264. The molecule has 4 nitrogen and oxygen atoms in total. The molecule has 1 aromatic carbocycles. The maximum atomic E-state index is 12.5. The van der Waals surface area contributed by atoms with E-state index in [1.54, 1.807) is 18.7 Å². The number of furan rings is 1. The minimum absolute atomic E-state index is 0.167. The highest BCUT2D eigenvalue weighted by molar-refractivity contribution is 6.29. The number of halogens is 1. The van der Waals surface area contributed by atoms with Crippen molar-refractivity contribution < 1.29 is 14.3 Å². The molecule has 0 aliphatic carbocycles. The summed E-state index contributed by atoms with van der Waals surface area (Å²) in [4.78, 5) is 14.0. The van der Waals surface area contributed by atoms with E-state index in [0.717, 1.165) is 5.56 Å². The third kappa shape index (κ3) is 4.62. The summed E-state index contributed by atoms with van der Waals surface area (Å²) in [6, 6.07) is 12.7. The van der Waals surface area contributed by atoms with E-state index in [0.29, 0.717) is 6.54 Å². The lowest BCUT2D eigenvalue weighted by Gasteiger charge is -2.28. The Bertz CT molecular complexity index is 601. The molecule has 0 aliphatic rings. The van der Waals surface area contributed by atoms with Gasteiger partial charge in [-0.2, -0.15) is 0 Å². The van der Waals surface area contributed by atoms with E-state index in [-0.39, 0.29) is 23.4 Å². The van der Waals surface area contributed by atoms with Crippen LogP contribution < -0.4 is 0 Å². The molecule has 112 valence electrons. The maximum Gasteiger partial charge on any atom is 0.290 e. The van der Waals surface area contributed by atoms with Gasteiger partial charge in [0.1, 0.15) is 0 Å². The molecule has 0 atom stereocenters. The highest BCUT2D eigenvalue weighted by Gasteiger charge is 2.25. The number of aliphatic hydroxyl groups is 1. The molecular formula is C16H18ClNO3. The first kappa shape index (κ1) is 15.6. The lowest BCUT2D eigenvalue weighted by Crippen LogP contribution is -2.41. The third-order valence-electron chi connectivity index (χ3n) is 2.87. The standard InChI is InChI=1S/C16H18ClNO3/c1-16(2,20)11-18(10-12-6-4-3-5-7-12)15(19)13-8-9-14(17)21-13/h3-9,20H,10-11H2,1-2H3. The second kappa shape index (κ2) is 6.33. The minimum atomic E-state index is -0.999. The van der Waals surface area contributed by atoms with Crippen molar-refractivity contribution in [2.75, 3.05) is 6.54 Å². The number of carbonyl (C=O) groups excluding carboxylic acids is 1. The van der Waals surface area contributed by atoms with E-state index < -0.39 is 5.60 Å². The number of rotatable bonds is 5. The Balaban J connectivity index is 2.21. The molecule has 0 bridgehead atoms. The minimum Gasteiger partial charge on any atom is -0.440 e. The molecule has 21 heavy (non-hydrogen) atoms. The molecule has 0 fully saturated rings. The molecule has 1 heterocycles. The average molecular weight is 308 g/mol. The van der Waals surface area contributed by atoms with Gasteiger partial charge in [0.05, 0.1) is 5.60 Å². The summed E-state index contributed by atoms with van der Waals surface area (Å²) in [6.07, 6.45) is 0. The van der Waals surface area contributed by atoms with Crippen molar-refractivity contribution in [1.29, 1.82) is 0 Å². The fourth-order valence-corrected chi connectivity index (χ4v) is 2.20. The summed E-state index contributed by atoms with van der Waals surface area (Å²) in [7, 11) is 0. The number of amides is 1. The van der Waals surface area contributed by atoms with E-state index in [9.17, 15) is 9.90 Å². The fourth-order valence-electron chi connectivity index (χ4n) is 2.06. The molecule has 2 rings (SSSR count). The first-order valence-electron chi connectivity index (χ1n) is 6.66. The SMILES string of the molecule is CC(C)(O)CN(Cc1ccccc1)C(=O)c1ccc(Cl)o1. The molecule has 0 spiro atoms. The van der Waals surface area contributed by atoms with Crippen LogP contribution in [0.1, 0.15) is 30.0 Å². The number of hydrogen-bond donors (Lipinski definition) is 1. The van der Waals surface area contributed by atoms with Crippen molar-refractivity contribution in [3.63, 3.8) is 0 Å². The van der Waals surface area contributed by atoms with Gasteiger partial charge in [-0.05, 0) is 43.1 Å². The molecule has 0 saturated heterocycles. The summed E-state index contributed by atoms with van der Waals surface area (Å²) in [5, 5.41) is 10.2. The van der Waals surface area contributed by atoms with Gasteiger partial charge in [0.15, 0.2) is 11.0 Å². The average Bonchev–Trinajstić information content (AvgIpc) is 2.83. The normalized spacial score (nSPS) is 11.4. The van der Waals surface area contributed by atoms with Gasteiger partial charge < -0.3 is 14.4 Å². The number of hydrogen-bond acceptors (Lipinski definition) is 3. The molecular weight excluding hydrogens is 290 g/mol. The third-order valence-corrected chi connectivity index (χ3v) is 3.07. The van der Waals surface area contributed by atoms with Crippen LogP contribution in [0.2, 0.25) is 5.22 Å². The fraction of sp³-hybridized carbons (Fsp3) is 0.312. The zero-order valence-electron chi connectivity index (χ0n) is 12.0. The van der Waals surface area contributed by atoms with Crippen LogP contribution in [0.15, 0.2) is 46.9 Å². The van der Waals surface area contributed by atoms with Crippen molar-refractivity contribution in [2.24, 2.45) is 0 Å². The van der Waals surface area contributed by atoms with Gasteiger partial charge in [0.2, 0.25) is 0 Å². The molecule has 1 N–H and O–H groups in total. The molecule has 0 aliphatic heterocycles. The van der Waals surface area contributed by atoms with E-state index in [2.05, 4.69) is 0 Å². The monoisotopic (exact) mass is 307 g/mol. The molecule has 1 aromatic heterocycles. The van der Waals surface area contributed by atoms with Crippen LogP contribution in [0.25, 0.3) is 0 Å². The van der Waals surface area contributed by atoms with Crippen molar-refractivity contribution in [2.45, 2.75) is 26.0 Å². The summed E-state index contributed by atoms with van der Waals surface area (Å²) >= 11 is 5.72. The summed E-state index contributed by atoms with van der Waals surface area (Å²) < 4.78 is 5.17. The van der Waals surface area contributed by atoms with Crippen molar-refractivity contribution in [3.05, 3.63) is 59.0 Å². The zero-order chi connectivity index (χ0) is 15.5. The van der Waals surface area contributed by atoms with Crippen LogP contribution in [0.4, 0.5) is 0 Å². The summed E-state index contributed by atoms with van der Waals surface area (Å²) in [6.45, 7) is 3.90. The maximum absolute atomic E-state index is 12.5. The lowest BCUT2D eigenvalue weighted by atomic mass is 10.1. The van der Waals surface area contributed by atoms with Gasteiger partial charge in [-0.1, -0.05) is 30.3 Å². The Morgan fingerprint density at radius 2 is 1.90 bits per heavy atom. The van der Waals surface area contributed by atoms with E-state index in [1.165, 1.54) is 12.1 Å². The summed E-state index contributed by atoms with van der Waals surface area (Å²) in [5.41, 5.74) is -0.0198. The largest absolute Gasteiger partial charge is 0.440 e. The van der Waals surface area contributed by atoms with Crippen molar-refractivity contribution in [3.8, 4) is 0 Å². The van der Waals surface area contributed by atoms with Gasteiger partial charge in [-0.3, -0.25) is 4.79 Å². The van der Waals surface area contributed by atoms with Gasteiger partial charge >= 0.3 is 0 Å². The van der Waals surface area contributed by atoms with Crippen LogP contribution in [-0.2, 0) is 6.54 Å². The smallest absolute Gasteiger partial charge is 0.290 e. The number of nitrogens with zero attached hydrogens (tertiary/aromatic N) is 1. The topological polar surface area (TPSA) is 53.7 Å². The molecule has 5 heteroatoms. The predicted molar refractivity (Wildman–Crippen MR) is 81.2 cm³/mol. The zero-order valence-corrected chi connectivity index (χ0v) is 12.8. The first-order valence-corrected chi connectivity index (χ1v) is 7.04. The van der Waals surface area contributed by atoms with Gasteiger partial charge in [-0.15, -0.1) is 0 Å². The number of benzene rings is 1. The first-order chi connectivity index (χ1) is 9.85. The van der Waals surface area contributed by atoms with Crippen LogP contribution in [0, 0.1) is 0 Å². The van der Waals surface area contributed by atoms with Crippen LogP contribution >= 0.6 is 11.6 Å². The van der Waals surface area contributed by atoms with Gasteiger partial charge in [-0.25, -0.2) is 0 Å². The van der Waals surface area contributed by atoms with Crippen LogP contribution in [0.5, 0.6) is 0 Å². The van der Waals surface area contributed by atoms with E-state index in [4.69, 9.17) is 16.0 Å². The number of carbonyl (C=O) groups is 1. The molecule has 0 saturated carbocycles. The predicted octanol–water partition coefficient (Wildman–Crippen LogP) is 3.35. The molecule has 0 unspecified atom stereocenters.